The van der Waals surface area contributed by atoms with E-state index in [1.807, 2.05) is 37.3 Å². The normalized spacial score (nSPS) is 11.0. The third-order valence-electron chi connectivity index (χ3n) is 4.89. The topological polar surface area (TPSA) is 85.6 Å². The lowest BCUT2D eigenvalue weighted by Gasteiger charge is -2.07. The molecule has 2 aromatic heterocycles. The van der Waals surface area contributed by atoms with Gasteiger partial charge in [-0.3, -0.25) is 4.79 Å². The molecule has 29 heavy (non-hydrogen) atoms. The minimum Gasteiger partial charge on any atom is -0.465 e. The number of ether oxygens (including phenoxy) is 1. The van der Waals surface area contributed by atoms with Crippen molar-refractivity contribution in [3.63, 3.8) is 0 Å². The number of esters is 1. The largest absolute Gasteiger partial charge is 0.465 e. The Kier molecular flexibility index (Phi) is 4.68. The summed E-state index contributed by atoms with van der Waals surface area (Å²) in [6.07, 6.45) is 0. The number of nitrogens with one attached hydrogen (secondary N) is 1. The predicted octanol–water partition coefficient (Wildman–Crippen LogP) is 4.66. The van der Waals surface area contributed by atoms with Crippen LogP contribution < -0.4 is 10.9 Å². The molecule has 1 N–H and O–H groups in total. The Bertz CT molecular complexity index is 1350. The van der Waals surface area contributed by atoms with Crippen LogP contribution in [0.25, 0.3) is 21.7 Å². The van der Waals surface area contributed by atoms with E-state index in [1.54, 1.807) is 13.0 Å². The molecule has 7 heteroatoms. The lowest BCUT2D eigenvalue weighted by atomic mass is 10.0. The zero-order valence-corrected chi connectivity index (χ0v) is 16.8. The van der Waals surface area contributed by atoms with E-state index in [0.29, 0.717) is 21.5 Å². The number of hydrogen-bond acceptors (Lipinski definition) is 6. The van der Waals surface area contributed by atoms with E-state index in [4.69, 9.17) is 9.15 Å². The minimum atomic E-state index is -0.741. The molecule has 0 bridgehead atoms. The van der Waals surface area contributed by atoms with Crippen LogP contribution in [0.5, 0.6) is 0 Å². The van der Waals surface area contributed by atoms with Gasteiger partial charge in [0.2, 0.25) is 0 Å². The van der Waals surface area contributed by atoms with Crippen LogP contribution in [0.1, 0.15) is 31.2 Å². The molecule has 0 atom stereocenters. The number of anilines is 1. The Morgan fingerprint density at radius 3 is 2.59 bits per heavy atom. The summed E-state index contributed by atoms with van der Waals surface area (Å²) in [4.78, 5) is 38.3. The predicted molar refractivity (Wildman–Crippen MR) is 113 cm³/mol. The van der Waals surface area contributed by atoms with Crippen molar-refractivity contribution in [3.8, 4) is 0 Å². The van der Waals surface area contributed by atoms with Gasteiger partial charge in [-0.2, -0.15) is 0 Å². The van der Waals surface area contributed by atoms with E-state index in [-0.39, 0.29) is 5.56 Å². The van der Waals surface area contributed by atoms with Gasteiger partial charge in [0, 0.05) is 10.3 Å². The molecule has 0 unspecified atom stereocenters. The zero-order chi connectivity index (χ0) is 20.7. The molecule has 0 spiro atoms. The zero-order valence-electron chi connectivity index (χ0n) is 16.0. The molecule has 1 amide bonds. The fourth-order valence-electron chi connectivity index (χ4n) is 3.26. The molecule has 0 radical (unpaired) electrons. The summed E-state index contributed by atoms with van der Waals surface area (Å²) in [5.41, 5.74) is 0.555. The summed E-state index contributed by atoms with van der Waals surface area (Å²) in [5, 5.41) is 5.53. The van der Waals surface area contributed by atoms with Gasteiger partial charge in [0.25, 0.3) is 5.91 Å². The number of thiophene rings is 1. The van der Waals surface area contributed by atoms with Crippen molar-refractivity contribution in [3.05, 3.63) is 74.5 Å². The van der Waals surface area contributed by atoms with Gasteiger partial charge in [0.15, 0.2) is 0 Å². The average molecular weight is 407 g/mol. The number of carbonyl (C=O) groups is 2. The number of fused-ring (bicyclic) bond motifs is 3. The molecule has 0 saturated carbocycles. The number of carbonyl (C=O) groups excluding carboxylic acids is 2. The summed E-state index contributed by atoms with van der Waals surface area (Å²) in [6, 6.07) is 12.7. The number of benzene rings is 2. The second kappa shape index (κ2) is 7.18. The highest BCUT2D eigenvalue weighted by Gasteiger charge is 2.23. The van der Waals surface area contributed by atoms with Gasteiger partial charge in [-0.1, -0.05) is 30.3 Å². The Labute approximate surface area is 169 Å². The Morgan fingerprint density at radius 1 is 1.07 bits per heavy atom. The third kappa shape index (κ3) is 3.19. The molecule has 0 fully saturated rings. The Morgan fingerprint density at radius 2 is 1.83 bits per heavy atom. The second-order valence-electron chi connectivity index (χ2n) is 6.58. The number of methoxy groups -OCH3 is 1. The quantitative estimate of drug-likeness (QED) is 0.303. The van der Waals surface area contributed by atoms with Gasteiger partial charge in [0.1, 0.15) is 16.1 Å². The van der Waals surface area contributed by atoms with Gasteiger partial charge >= 0.3 is 11.6 Å². The van der Waals surface area contributed by atoms with E-state index in [2.05, 4.69) is 5.32 Å². The SMILES string of the molecule is COC(=O)c1c(NC(=O)c2cc3c(ccc4ccccc43)oc2=O)sc(C)c1C. The first kappa shape index (κ1) is 18.9. The molecule has 2 heterocycles. The molecule has 6 nitrogen and oxygen atoms in total. The van der Waals surface area contributed by atoms with Crippen LogP contribution in [0.2, 0.25) is 0 Å². The first-order valence-electron chi connectivity index (χ1n) is 8.86. The van der Waals surface area contributed by atoms with E-state index in [9.17, 15) is 14.4 Å². The van der Waals surface area contributed by atoms with Gasteiger partial charge in [-0.15, -0.1) is 11.3 Å². The molecule has 0 aliphatic heterocycles. The second-order valence-corrected chi connectivity index (χ2v) is 7.80. The monoisotopic (exact) mass is 407 g/mol. The van der Waals surface area contributed by atoms with Crippen molar-refractivity contribution in [2.24, 2.45) is 0 Å². The Balaban J connectivity index is 1.81. The first-order valence-corrected chi connectivity index (χ1v) is 9.67. The van der Waals surface area contributed by atoms with Crippen molar-refractivity contribution < 1.29 is 18.7 Å². The van der Waals surface area contributed by atoms with E-state index in [0.717, 1.165) is 21.2 Å². The summed E-state index contributed by atoms with van der Waals surface area (Å²) < 4.78 is 10.2. The molecular weight excluding hydrogens is 390 g/mol. The van der Waals surface area contributed by atoms with Gasteiger partial charge in [0.05, 0.1) is 12.7 Å². The van der Waals surface area contributed by atoms with E-state index in [1.165, 1.54) is 24.5 Å². The molecule has 2 aromatic carbocycles. The highest BCUT2D eigenvalue weighted by atomic mass is 32.1. The van der Waals surface area contributed by atoms with Crippen molar-refractivity contribution in [2.45, 2.75) is 13.8 Å². The maximum Gasteiger partial charge on any atom is 0.349 e. The lowest BCUT2D eigenvalue weighted by molar-refractivity contribution is 0.0601. The standard InChI is InChI=1S/C22H17NO5S/c1-11-12(2)29-20(18(11)22(26)27-3)23-19(24)16-10-15-14-7-5-4-6-13(14)8-9-17(15)28-21(16)25/h4-10H,1-3H3,(H,23,24). The van der Waals surface area contributed by atoms with Crippen LogP contribution in [0.15, 0.2) is 51.7 Å². The van der Waals surface area contributed by atoms with Crippen LogP contribution in [-0.2, 0) is 4.74 Å². The summed E-state index contributed by atoms with van der Waals surface area (Å²) in [7, 11) is 1.28. The molecule has 0 saturated heterocycles. The van der Waals surface area contributed by atoms with E-state index < -0.39 is 17.5 Å². The summed E-state index contributed by atoms with van der Waals surface area (Å²) in [6.45, 7) is 3.63. The highest BCUT2D eigenvalue weighted by Crippen LogP contribution is 2.33. The maximum absolute atomic E-state index is 12.9. The number of hydrogen-bond donors (Lipinski definition) is 1. The molecular formula is C22H17NO5S. The lowest BCUT2D eigenvalue weighted by Crippen LogP contribution is -2.21. The average Bonchev–Trinajstić information content (AvgIpc) is 2.99. The number of aryl methyl sites for hydroxylation is 1. The molecule has 146 valence electrons. The number of rotatable bonds is 3. The van der Waals surface area contributed by atoms with Gasteiger partial charge in [-0.05, 0) is 42.3 Å². The fourth-order valence-corrected chi connectivity index (χ4v) is 4.31. The van der Waals surface area contributed by atoms with Crippen LogP contribution in [0.4, 0.5) is 5.00 Å². The maximum atomic E-state index is 12.9. The van der Waals surface area contributed by atoms with Crippen LogP contribution in [-0.4, -0.2) is 19.0 Å². The first-order chi connectivity index (χ1) is 13.9. The number of amides is 1. The van der Waals surface area contributed by atoms with Gasteiger partial charge in [-0.25, -0.2) is 9.59 Å². The minimum absolute atomic E-state index is 0.131. The van der Waals surface area contributed by atoms with Crippen molar-refractivity contribution in [1.29, 1.82) is 0 Å². The van der Waals surface area contributed by atoms with Crippen LogP contribution in [0.3, 0.4) is 0 Å². The molecule has 0 aliphatic carbocycles. The summed E-state index contributed by atoms with van der Waals surface area (Å²) >= 11 is 1.25. The third-order valence-corrected chi connectivity index (χ3v) is 6.01. The van der Waals surface area contributed by atoms with Crippen LogP contribution >= 0.6 is 11.3 Å². The van der Waals surface area contributed by atoms with Crippen LogP contribution in [0, 0.1) is 13.8 Å². The Hall–Kier alpha value is -3.45. The smallest absolute Gasteiger partial charge is 0.349 e. The fraction of sp³-hybridized carbons (Fsp3) is 0.136. The van der Waals surface area contributed by atoms with Gasteiger partial charge < -0.3 is 14.5 Å². The molecule has 4 aromatic rings. The van der Waals surface area contributed by atoms with E-state index >= 15 is 0 Å². The van der Waals surface area contributed by atoms with Crippen molar-refractivity contribution in [1.82, 2.24) is 0 Å². The van der Waals surface area contributed by atoms with Crippen molar-refractivity contribution >= 4 is 50.0 Å². The van der Waals surface area contributed by atoms with Crippen molar-refractivity contribution in [2.75, 3.05) is 12.4 Å². The highest BCUT2D eigenvalue weighted by molar-refractivity contribution is 7.16. The molecule has 4 rings (SSSR count). The molecule has 0 aliphatic rings. The summed E-state index contributed by atoms with van der Waals surface area (Å²) in [5.74, 6) is -1.18.